The Kier molecular flexibility index (Phi) is 8.22. The second kappa shape index (κ2) is 11.3. The Bertz CT molecular complexity index is 1160. The van der Waals surface area contributed by atoms with Crippen molar-refractivity contribution in [1.82, 2.24) is 5.43 Å². The van der Waals surface area contributed by atoms with Crippen LogP contribution >= 0.6 is 11.6 Å². The third-order valence-electron chi connectivity index (χ3n) is 4.82. The van der Waals surface area contributed by atoms with Gasteiger partial charge in [-0.25, -0.2) is 10.2 Å². The number of hydrogen-bond acceptors (Lipinski definition) is 5. The fraction of sp³-hybridized carbons (Fsp3) is 0.192. The van der Waals surface area contributed by atoms with Crippen LogP contribution in [0, 0.1) is 6.92 Å². The molecule has 7 heteroatoms. The summed E-state index contributed by atoms with van der Waals surface area (Å²) >= 11 is 6.02. The zero-order valence-electron chi connectivity index (χ0n) is 18.7. The van der Waals surface area contributed by atoms with Crippen molar-refractivity contribution in [3.05, 3.63) is 94.0 Å². The average molecular weight is 465 g/mol. The zero-order chi connectivity index (χ0) is 23.8. The van der Waals surface area contributed by atoms with Crippen molar-refractivity contribution in [2.45, 2.75) is 26.7 Å². The number of hydrazone groups is 1. The van der Waals surface area contributed by atoms with Gasteiger partial charge in [0.05, 0.1) is 16.8 Å². The van der Waals surface area contributed by atoms with Gasteiger partial charge in [-0.3, -0.25) is 4.79 Å². The third-order valence-corrected chi connectivity index (χ3v) is 5.15. The molecule has 6 nitrogen and oxygen atoms in total. The highest BCUT2D eigenvalue weighted by Gasteiger charge is 2.12. The summed E-state index contributed by atoms with van der Waals surface area (Å²) in [5.41, 5.74) is 5.56. The topological polar surface area (TPSA) is 77.0 Å². The van der Waals surface area contributed by atoms with E-state index in [0.29, 0.717) is 33.6 Å². The highest BCUT2D eigenvalue weighted by Crippen LogP contribution is 2.24. The van der Waals surface area contributed by atoms with E-state index in [9.17, 15) is 9.59 Å². The number of ether oxygens (including phenoxy) is 2. The van der Waals surface area contributed by atoms with Crippen molar-refractivity contribution in [3.8, 4) is 11.5 Å². The summed E-state index contributed by atoms with van der Waals surface area (Å²) in [6.07, 6.45) is 1.49. The molecule has 0 saturated heterocycles. The smallest absolute Gasteiger partial charge is 0.345 e. The molecule has 0 heterocycles. The maximum atomic E-state index is 12.2. The third kappa shape index (κ3) is 6.92. The molecule has 0 aliphatic heterocycles. The van der Waals surface area contributed by atoms with Crippen molar-refractivity contribution in [1.29, 1.82) is 0 Å². The molecule has 0 radical (unpaired) electrons. The van der Waals surface area contributed by atoms with Crippen LogP contribution in [0.2, 0.25) is 5.02 Å². The van der Waals surface area contributed by atoms with Gasteiger partial charge in [0, 0.05) is 0 Å². The molecule has 0 unspecified atom stereocenters. The van der Waals surface area contributed by atoms with Gasteiger partial charge < -0.3 is 9.47 Å². The molecule has 3 rings (SSSR count). The zero-order valence-corrected chi connectivity index (χ0v) is 19.4. The van der Waals surface area contributed by atoms with Crippen LogP contribution in [0.25, 0.3) is 0 Å². The standard InChI is InChI=1S/C26H25ClN2O4/c1-17(2)20-11-8-18(3)24(14-20)32-16-25(30)29-28-15-19-9-12-21(13-10-19)33-26(31)22-6-4-5-7-23(22)27/h4-15,17H,16H2,1-3H3,(H,29,30)/b28-15-. The number of nitrogens with one attached hydrogen (secondary N) is 1. The molecule has 0 saturated carbocycles. The molecule has 33 heavy (non-hydrogen) atoms. The van der Waals surface area contributed by atoms with Crippen LogP contribution in [0.4, 0.5) is 0 Å². The van der Waals surface area contributed by atoms with Gasteiger partial charge in [-0.2, -0.15) is 5.10 Å². The van der Waals surface area contributed by atoms with E-state index < -0.39 is 5.97 Å². The van der Waals surface area contributed by atoms with Crippen LogP contribution < -0.4 is 14.9 Å². The van der Waals surface area contributed by atoms with Gasteiger partial charge in [0.1, 0.15) is 11.5 Å². The number of esters is 1. The molecule has 170 valence electrons. The highest BCUT2D eigenvalue weighted by molar-refractivity contribution is 6.33. The van der Waals surface area contributed by atoms with E-state index in [4.69, 9.17) is 21.1 Å². The van der Waals surface area contributed by atoms with Gasteiger partial charge in [-0.15, -0.1) is 0 Å². The van der Waals surface area contributed by atoms with Gasteiger partial charge in [-0.05, 0) is 72.0 Å². The van der Waals surface area contributed by atoms with Gasteiger partial charge in [-0.1, -0.05) is 49.7 Å². The minimum absolute atomic E-state index is 0.142. The van der Waals surface area contributed by atoms with E-state index in [2.05, 4.69) is 30.4 Å². The number of carbonyl (C=O) groups is 2. The fourth-order valence-corrected chi connectivity index (χ4v) is 3.11. The highest BCUT2D eigenvalue weighted by atomic mass is 35.5. The van der Waals surface area contributed by atoms with Gasteiger partial charge in [0.15, 0.2) is 6.61 Å². The van der Waals surface area contributed by atoms with Crippen molar-refractivity contribution in [2.24, 2.45) is 5.10 Å². The predicted molar refractivity (Wildman–Crippen MR) is 129 cm³/mol. The number of aryl methyl sites for hydroxylation is 1. The summed E-state index contributed by atoms with van der Waals surface area (Å²) in [6, 6.07) is 19.4. The minimum Gasteiger partial charge on any atom is -0.483 e. The molecule has 0 aliphatic rings. The SMILES string of the molecule is Cc1ccc(C(C)C)cc1OCC(=O)N/N=C\c1ccc(OC(=O)c2ccccc2Cl)cc1. The number of rotatable bonds is 8. The van der Waals surface area contributed by atoms with Gasteiger partial charge in [0.25, 0.3) is 5.91 Å². The Balaban J connectivity index is 1.49. The monoisotopic (exact) mass is 464 g/mol. The molecular formula is C26H25ClN2O4. The lowest BCUT2D eigenvalue weighted by atomic mass is 10.0. The van der Waals surface area contributed by atoms with Crippen molar-refractivity contribution in [3.63, 3.8) is 0 Å². The first-order valence-corrected chi connectivity index (χ1v) is 10.8. The predicted octanol–water partition coefficient (Wildman–Crippen LogP) is 5.52. The lowest BCUT2D eigenvalue weighted by Crippen LogP contribution is -2.24. The molecule has 3 aromatic rings. The second-order valence-electron chi connectivity index (χ2n) is 7.70. The molecule has 0 aromatic heterocycles. The quantitative estimate of drug-likeness (QED) is 0.206. The molecule has 3 aromatic carbocycles. The van der Waals surface area contributed by atoms with Crippen molar-refractivity contribution < 1.29 is 19.1 Å². The summed E-state index contributed by atoms with van der Waals surface area (Å²) in [5, 5.41) is 4.27. The summed E-state index contributed by atoms with van der Waals surface area (Å²) in [6.45, 7) is 6.00. The fourth-order valence-electron chi connectivity index (χ4n) is 2.90. The number of hydrogen-bond donors (Lipinski definition) is 1. The van der Waals surface area contributed by atoms with E-state index in [-0.39, 0.29) is 12.5 Å². The Morgan fingerprint density at radius 2 is 1.79 bits per heavy atom. The molecule has 0 bridgehead atoms. The van der Waals surface area contributed by atoms with Crippen molar-refractivity contribution in [2.75, 3.05) is 6.61 Å². The summed E-state index contributed by atoms with van der Waals surface area (Å²) < 4.78 is 11.0. The van der Waals surface area contributed by atoms with Crippen LogP contribution in [0.1, 0.15) is 46.8 Å². The van der Waals surface area contributed by atoms with Gasteiger partial charge >= 0.3 is 5.97 Å². The van der Waals surface area contributed by atoms with Crippen molar-refractivity contribution >= 4 is 29.7 Å². The van der Waals surface area contributed by atoms with E-state index >= 15 is 0 Å². The summed E-state index contributed by atoms with van der Waals surface area (Å²) in [5.74, 6) is 0.516. The Labute approximate surface area is 198 Å². The molecule has 1 amide bonds. The van der Waals surface area contributed by atoms with Crippen LogP contribution in [-0.4, -0.2) is 24.7 Å². The van der Waals surface area contributed by atoms with Gasteiger partial charge in [0.2, 0.25) is 0 Å². The van der Waals surface area contributed by atoms with Crippen LogP contribution in [0.15, 0.2) is 71.8 Å². The van der Waals surface area contributed by atoms with Crippen LogP contribution in [-0.2, 0) is 4.79 Å². The number of halogens is 1. The molecule has 0 atom stereocenters. The lowest BCUT2D eigenvalue weighted by Gasteiger charge is -2.12. The Morgan fingerprint density at radius 1 is 1.06 bits per heavy atom. The summed E-state index contributed by atoms with van der Waals surface area (Å²) in [4.78, 5) is 24.3. The number of amides is 1. The van der Waals surface area contributed by atoms with E-state index in [1.165, 1.54) is 6.21 Å². The average Bonchev–Trinajstić information content (AvgIpc) is 2.79. The maximum Gasteiger partial charge on any atom is 0.345 e. The second-order valence-corrected chi connectivity index (χ2v) is 8.11. The number of benzene rings is 3. The maximum absolute atomic E-state index is 12.2. The van der Waals surface area contributed by atoms with Crippen LogP contribution in [0.3, 0.4) is 0 Å². The molecule has 0 aliphatic carbocycles. The number of carbonyl (C=O) groups excluding carboxylic acids is 2. The molecule has 0 fully saturated rings. The largest absolute Gasteiger partial charge is 0.483 e. The van der Waals surface area contributed by atoms with E-state index in [1.54, 1.807) is 48.5 Å². The Hall–Kier alpha value is -3.64. The molecule has 1 N–H and O–H groups in total. The van der Waals surface area contributed by atoms with E-state index in [1.807, 2.05) is 19.1 Å². The number of nitrogens with zero attached hydrogens (tertiary/aromatic N) is 1. The first kappa shape index (κ1) is 24.0. The lowest BCUT2D eigenvalue weighted by molar-refractivity contribution is -0.123. The first-order chi connectivity index (χ1) is 15.8. The first-order valence-electron chi connectivity index (χ1n) is 10.5. The van der Waals surface area contributed by atoms with Crippen LogP contribution in [0.5, 0.6) is 11.5 Å². The molecule has 0 spiro atoms. The minimum atomic E-state index is -0.538. The Morgan fingerprint density at radius 3 is 2.48 bits per heavy atom. The normalized spacial score (nSPS) is 10.9. The van der Waals surface area contributed by atoms with E-state index in [0.717, 1.165) is 11.1 Å². The molecular weight excluding hydrogens is 440 g/mol. The summed E-state index contributed by atoms with van der Waals surface area (Å²) in [7, 11) is 0.